The molecule has 0 aromatic heterocycles. The van der Waals surface area contributed by atoms with E-state index in [0.717, 1.165) is 20.4 Å². The lowest BCUT2D eigenvalue weighted by Gasteiger charge is -2.24. The van der Waals surface area contributed by atoms with Crippen LogP contribution in [0.25, 0.3) is 0 Å². The number of hydroxylamine groups is 1. The normalized spacial score (nSPS) is 12.5. The van der Waals surface area contributed by atoms with Gasteiger partial charge in [0.05, 0.1) is 18.5 Å². The number of anilines is 1. The van der Waals surface area contributed by atoms with Crippen molar-refractivity contribution in [2.24, 2.45) is 0 Å². The van der Waals surface area contributed by atoms with Crippen LogP contribution >= 0.6 is 11.8 Å². The van der Waals surface area contributed by atoms with Crippen molar-refractivity contribution in [3.8, 4) is 0 Å². The van der Waals surface area contributed by atoms with E-state index < -0.39 is 28.6 Å². The van der Waals surface area contributed by atoms with E-state index in [-0.39, 0.29) is 11.5 Å². The molecule has 0 spiro atoms. The lowest BCUT2D eigenvalue weighted by molar-refractivity contribution is -0.137. The summed E-state index contributed by atoms with van der Waals surface area (Å²) in [5.41, 5.74) is 1.52. The highest BCUT2D eigenvalue weighted by Gasteiger charge is 2.25. The number of nitrogens with zero attached hydrogens (tertiary/aromatic N) is 1. The van der Waals surface area contributed by atoms with Crippen molar-refractivity contribution >= 4 is 33.4 Å². The summed E-state index contributed by atoms with van der Waals surface area (Å²) in [6.07, 6.45) is -0.791. The van der Waals surface area contributed by atoms with E-state index in [9.17, 15) is 22.7 Å². The molecule has 2 aromatic rings. The molecule has 0 fully saturated rings. The smallest absolute Gasteiger partial charge is 0.274 e. The zero-order valence-corrected chi connectivity index (χ0v) is 15.3. The molecule has 7 nitrogen and oxygen atoms in total. The predicted molar refractivity (Wildman–Crippen MR) is 95.1 cm³/mol. The first kappa shape index (κ1) is 20.2. The quantitative estimate of drug-likeness (QED) is 0.482. The van der Waals surface area contributed by atoms with Gasteiger partial charge in [0.25, 0.3) is 5.91 Å². The van der Waals surface area contributed by atoms with Crippen molar-refractivity contribution < 1.29 is 27.9 Å². The Morgan fingerprint density at radius 1 is 1.15 bits per heavy atom. The van der Waals surface area contributed by atoms with Crippen LogP contribution < -0.4 is 9.79 Å². The highest BCUT2D eigenvalue weighted by atomic mass is 32.2. The average molecular weight is 400 g/mol. The number of benzene rings is 2. The van der Waals surface area contributed by atoms with E-state index in [1.807, 2.05) is 0 Å². The third-order valence-electron chi connectivity index (χ3n) is 3.33. The van der Waals surface area contributed by atoms with Gasteiger partial charge in [0.1, 0.15) is 5.82 Å². The van der Waals surface area contributed by atoms with Gasteiger partial charge in [-0.25, -0.2) is 18.3 Å². The fourth-order valence-corrected chi connectivity index (χ4v) is 3.80. The fourth-order valence-electron chi connectivity index (χ4n) is 2.07. The van der Waals surface area contributed by atoms with Crippen LogP contribution in [0.15, 0.2) is 58.3 Å². The zero-order chi connectivity index (χ0) is 19.3. The van der Waals surface area contributed by atoms with Crippen LogP contribution in [0.1, 0.15) is 0 Å². The van der Waals surface area contributed by atoms with Gasteiger partial charge in [0.15, 0.2) is 6.10 Å². The summed E-state index contributed by atoms with van der Waals surface area (Å²) in [5, 5.41) is 18.2. The summed E-state index contributed by atoms with van der Waals surface area (Å²) in [6.45, 7) is -0.546. The number of carbonyl (C=O) groups excluding carboxylic acids is 1. The Bertz CT molecular complexity index is 857. The van der Waals surface area contributed by atoms with Crippen molar-refractivity contribution in [1.82, 2.24) is 5.48 Å². The Kier molecular flexibility index (Phi) is 6.59. The molecule has 26 heavy (non-hydrogen) atoms. The molecule has 1 atom stereocenters. The summed E-state index contributed by atoms with van der Waals surface area (Å²) >= 11 is 1.37. The maximum atomic E-state index is 12.9. The Morgan fingerprint density at radius 3 is 2.12 bits per heavy atom. The van der Waals surface area contributed by atoms with Crippen molar-refractivity contribution in [3.05, 3.63) is 54.3 Å². The van der Waals surface area contributed by atoms with Gasteiger partial charge in [-0.15, -0.1) is 0 Å². The molecule has 0 aliphatic carbocycles. The summed E-state index contributed by atoms with van der Waals surface area (Å²) in [7, 11) is -3.77. The first-order valence-corrected chi connectivity index (χ1v) is 10.0. The van der Waals surface area contributed by atoms with E-state index in [4.69, 9.17) is 5.21 Å². The minimum absolute atomic E-state index is 0.251. The number of sulfonamides is 1. The lowest BCUT2D eigenvalue weighted by atomic mass is 10.3. The molecule has 1 amide bonds. The Morgan fingerprint density at radius 2 is 1.65 bits per heavy atom. The zero-order valence-electron chi connectivity index (χ0n) is 13.7. The average Bonchev–Trinajstić information content (AvgIpc) is 2.60. The van der Waals surface area contributed by atoms with Gasteiger partial charge in [-0.1, -0.05) is 11.8 Å². The summed E-state index contributed by atoms with van der Waals surface area (Å²) in [6, 6.07) is 12.3. The van der Waals surface area contributed by atoms with Gasteiger partial charge >= 0.3 is 0 Å². The van der Waals surface area contributed by atoms with Crippen LogP contribution in [-0.4, -0.2) is 43.5 Å². The lowest BCUT2D eigenvalue weighted by Crippen LogP contribution is -2.44. The number of hydrogen-bond acceptors (Lipinski definition) is 6. The van der Waals surface area contributed by atoms with E-state index in [2.05, 4.69) is 0 Å². The minimum atomic E-state index is -3.77. The van der Waals surface area contributed by atoms with Crippen molar-refractivity contribution in [2.45, 2.75) is 15.9 Å². The fraction of sp³-hybridized carbons (Fsp3) is 0.188. The molecule has 10 heteroatoms. The molecule has 0 saturated heterocycles. The first-order chi connectivity index (χ1) is 12.2. The predicted octanol–water partition coefficient (Wildman–Crippen LogP) is 1.61. The first-order valence-electron chi connectivity index (χ1n) is 7.34. The van der Waals surface area contributed by atoms with Crippen LogP contribution in [0.3, 0.4) is 0 Å². The summed E-state index contributed by atoms with van der Waals surface area (Å²) in [5.74, 6) is -1.44. The molecule has 0 saturated carbocycles. The molecule has 0 radical (unpaired) electrons. The van der Waals surface area contributed by atoms with E-state index in [1.165, 1.54) is 41.5 Å². The van der Waals surface area contributed by atoms with Gasteiger partial charge in [0, 0.05) is 9.79 Å². The summed E-state index contributed by atoms with van der Waals surface area (Å²) in [4.78, 5) is 12.8. The van der Waals surface area contributed by atoms with E-state index in [0.29, 0.717) is 0 Å². The number of aliphatic hydroxyl groups is 1. The standard InChI is InChI=1S/C16H17FN2O5S2/c1-26(23,24)19(10-15(20)16(21)18-22)12-4-8-14(9-5-12)25-13-6-2-11(17)3-7-13/h2-9,15,20,22H,10H2,1H3,(H,18,21)/t15-/m0/s1. The number of nitrogens with one attached hydrogen (secondary N) is 1. The second-order valence-corrected chi connectivity index (χ2v) is 8.39. The molecule has 3 N–H and O–H groups in total. The van der Waals surface area contributed by atoms with Crippen molar-refractivity contribution in [2.75, 3.05) is 17.1 Å². The molecule has 0 bridgehead atoms. The second kappa shape index (κ2) is 8.49. The third kappa shape index (κ3) is 5.43. The van der Waals surface area contributed by atoms with Crippen LogP contribution in [0, 0.1) is 5.82 Å². The molecule has 2 aromatic carbocycles. The van der Waals surface area contributed by atoms with Crippen LogP contribution in [0.2, 0.25) is 0 Å². The molecule has 0 aliphatic heterocycles. The van der Waals surface area contributed by atoms with Crippen LogP contribution in [0.4, 0.5) is 10.1 Å². The van der Waals surface area contributed by atoms with E-state index in [1.54, 1.807) is 24.3 Å². The highest BCUT2D eigenvalue weighted by molar-refractivity contribution is 7.99. The topological polar surface area (TPSA) is 107 Å². The molecule has 0 heterocycles. The number of hydrogen-bond donors (Lipinski definition) is 3. The Labute approximate surface area is 154 Å². The SMILES string of the molecule is CS(=O)(=O)N(C[C@H](O)C(=O)NO)c1ccc(Sc2ccc(F)cc2)cc1. The van der Waals surface area contributed by atoms with Gasteiger partial charge in [-0.3, -0.25) is 14.3 Å². The van der Waals surface area contributed by atoms with Gasteiger partial charge < -0.3 is 5.11 Å². The van der Waals surface area contributed by atoms with Crippen LogP contribution in [0.5, 0.6) is 0 Å². The largest absolute Gasteiger partial charge is 0.381 e. The number of aliphatic hydroxyl groups excluding tert-OH is 1. The Balaban J connectivity index is 2.19. The van der Waals surface area contributed by atoms with Gasteiger partial charge in [-0.2, -0.15) is 0 Å². The van der Waals surface area contributed by atoms with E-state index >= 15 is 0 Å². The molecule has 0 unspecified atom stereocenters. The van der Waals surface area contributed by atoms with Gasteiger partial charge in [0.2, 0.25) is 10.0 Å². The second-order valence-electron chi connectivity index (χ2n) is 5.34. The van der Waals surface area contributed by atoms with Crippen LogP contribution in [-0.2, 0) is 14.8 Å². The molecular weight excluding hydrogens is 383 g/mol. The third-order valence-corrected chi connectivity index (χ3v) is 5.50. The van der Waals surface area contributed by atoms with Crippen molar-refractivity contribution in [3.63, 3.8) is 0 Å². The van der Waals surface area contributed by atoms with Crippen molar-refractivity contribution in [1.29, 1.82) is 0 Å². The number of rotatable bonds is 7. The highest BCUT2D eigenvalue weighted by Crippen LogP contribution is 2.30. The number of amides is 1. The Hall–Kier alpha value is -2.14. The minimum Gasteiger partial charge on any atom is -0.381 e. The molecule has 2 rings (SSSR count). The maximum absolute atomic E-state index is 12.9. The number of carbonyl (C=O) groups is 1. The summed E-state index contributed by atoms with van der Waals surface area (Å²) < 4.78 is 37.7. The van der Waals surface area contributed by atoms with Gasteiger partial charge in [-0.05, 0) is 48.5 Å². The number of halogens is 1. The monoisotopic (exact) mass is 400 g/mol. The molecular formula is C16H17FN2O5S2. The molecule has 140 valence electrons. The maximum Gasteiger partial charge on any atom is 0.274 e. The molecule has 0 aliphatic rings.